The third-order valence-electron chi connectivity index (χ3n) is 15.1. The number of aryl methyl sites for hydroxylation is 5. The summed E-state index contributed by atoms with van der Waals surface area (Å²) in [6, 6.07) is 17.3. The average molecular weight is 1320 g/mol. The number of hydrogen-bond donors (Lipinski definition) is 5. The standard InChI is InChI=1S/C21H24N4O.C19H28BN3O2.C8H8BrNO.C8H9NO.C5H6Br2N2O2/c1-12-20(25-21(2,3)4)24-19-13(7-5-9-16(19)22-12)17-11-14-15(23-17)8-6-10-18(14)26;1-12-16(23-17(2,3)4)22-15-13(10-9-11-14(15)21-12)20-24-18(5,6)19(7,8)25-20;9-8-4-5-6(10-8)2-1-3-7(5)11;10-8-3-1-2-7-6(8)4-5-9-7;1-5(2)3(10)8(6)4(11)9(5)7/h5,7,9,11,23H,6,8,10H2,1-4H3,(H,24,25);9-11H,1-8H3,(H,22,23);4,10H,1-3H2;4-5,9H,1-3H2;1-2H3. The number of ketones is 3. The quantitative estimate of drug-likeness (QED) is 0.0628. The van der Waals surface area contributed by atoms with Crippen molar-refractivity contribution in [2.45, 2.75) is 183 Å². The molecular formula is C61H75BBr3N11O7. The zero-order valence-electron chi connectivity index (χ0n) is 49.9. The second-order valence-corrected chi connectivity index (χ2v) is 27.3. The van der Waals surface area contributed by atoms with Crippen LogP contribution in [0.4, 0.5) is 16.4 Å². The smallest absolute Gasteiger partial charge is 0.399 e. The van der Waals surface area contributed by atoms with Gasteiger partial charge >= 0.3 is 13.1 Å². The number of aromatic nitrogens is 7. The molecule has 7 heterocycles. The van der Waals surface area contributed by atoms with E-state index in [9.17, 15) is 24.0 Å². The highest BCUT2D eigenvalue weighted by Crippen LogP contribution is 2.38. The minimum Gasteiger partial charge on any atom is -0.399 e. The number of H-pyrrole nitrogens is 3. The second-order valence-electron chi connectivity index (χ2n) is 25.0. The number of urea groups is 1. The van der Waals surface area contributed by atoms with Crippen LogP contribution >= 0.6 is 48.2 Å². The molecule has 3 aliphatic carbocycles. The Morgan fingerprint density at radius 3 is 1.54 bits per heavy atom. The van der Waals surface area contributed by atoms with E-state index >= 15 is 0 Å². The molecule has 2 saturated heterocycles. The fourth-order valence-corrected chi connectivity index (χ4v) is 11.5. The number of aromatic amines is 3. The number of anilines is 2. The van der Waals surface area contributed by atoms with Gasteiger partial charge in [-0.25, -0.2) is 28.7 Å². The van der Waals surface area contributed by atoms with Gasteiger partial charge in [0.15, 0.2) is 17.3 Å². The van der Waals surface area contributed by atoms with Gasteiger partial charge in [-0.2, -0.15) is 3.93 Å². The molecule has 7 aromatic rings. The monoisotopic (exact) mass is 1320 g/mol. The van der Waals surface area contributed by atoms with Gasteiger partial charge in [0.05, 0.1) is 76.0 Å². The van der Waals surface area contributed by atoms with Crippen molar-refractivity contribution in [3.8, 4) is 11.3 Å². The molecule has 83 heavy (non-hydrogen) atoms. The highest BCUT2D eigenvalue weighted by atomic mass is 79.9. The average Bonchev–Trinajstić information content (AvgIpc) is 4.25. The molecule has 0 saturated carbocycles. The van der Waals surface area contributed by atoms with Crippen LogP contribution in [0.3, 0.4) is 0 Å². The predicted molar refractivity (Wildman–Crippen MR) is 338 cm³/mol. The molecule has 5 N–H and O–H groups in total. The van der Waals surface area contributed by atoms with Gasteiger partial charge in [-0.1, -0.05) is 24.3 Å². The third-order valence-corrected chi connectivity index (χ3v) is 17.3. The van der Waals surface area contributed by atoms with E-state index in [1.54, 1.807) is 13.8 Å². The first kappa shape index (κ1) is 63.0. The normalized spacial score (nSPS) is 17.7. The number of imide groups is 1. The lowest BCUT2D eigenvalue weighted by Gasteiger charge is -2.32. The summed E-state index contributed by atoms with van der Waals surface area (Å²) in [5.74, 6) is 2.11. The highest BCUT2D eigenvalue weighted by molar-refractivity contribution is 9.10. The van der Waals surface area contributed by atoms with Crippen LogP contribution in [-0.2, 0) is 33.4 Å². The van der Waals surface area contributed by atoms with Crippen LogP contribution in [0.2, 0.25) is 0 Å². The van der Waals surface area contributed by atoms with Crippen molar-refractivity contribution in [2.24, 2.45) is 0 Å². The number of nitrogens with one attached hydrogen (secondary N) is 5. The molecule has 440 valence electrons. The van der Waals surface area contributed by atoms with E-state index < -0.39 is 18.7 Å². The molecule has 0 unspecified atom stereocenters. The molecule has 0 spiro atoms. The van der Waals surface area contributed by atoms with Crippen LogP contribution in [0, 0.1) is 13.8 Å². The number of para-hydroxylation sites is 2. The summed E-state index contributed by atoms with van der Waals surface area (Å²) < 4.78 is 15.5. The topological polar surface area (TPSA) is 233 Å². The predicted octanol–water partition coefficient (Wildman–Crippen LogP) is 13.6. The lowest BCUT2D eigenvalue weighted by Crippen LogP contribution is -2.41. The van der Waals surface area contributed by atoms with Crippen molar-refractivity contribution in [1.29, 1.82) is 0 Å². The number of carbonyl (C=O) groups is 5. The van der Waals surface area contributed by atoms with Crippen LogP contribution < -0.4 is 16.1 Å². The van der Waals surface area contributed by atoms with Crippen molar-refractivity contribution in [2.75, 3.05) is 10.6 Å². The van der Waals surface area contributed by atoms with E-state index in [4.69, 9.17) is 29.2 Å². The maximum absolute atomic E-state index is 12.2. The van der Waals surface area contributed by atoms with E-state index in [0.717, 1.165) is 149 Å². The Bertz CT molecular complexity index is 3610. The first-order valence-electron chi connectivity index (χ1n) is 28.1. The molecule has 3 amide bonds. The summed E-state index contributed by atoms with van der Waals surface area (Å²) in [4.78, 5) is 85.7. The maximum atomic E-state index is 12.2. The summed E-state index contributed by atoms with van der Waals surface area (Å²) in [6.07, 6.45) is 9.79. The van der Waals surface area contributed by atoms with E-state index in [-0.39, 0.29) is 39.8 Å². The van der Waals surface area contributed by atoms with Crippen molar-refractivity contribution in [1.82, 2.24) is 42.7 Å². The van der Waals surface area contributed by atoms with Crippen molar-refractivity contribution < 1.29 is 33.3 Å². The van der Waals surface area contributed by atoms with Crippen molar-refractivity contribution in [3.05, 3.63) is 111 Å². The molecule has 0 bridgehead atoms. The number of rotatable bonds is 4. The maximum Gasteiger partial charge on any atom is 0.497 e. The van der Waals surface area contributed by atoms with Crippen molar-refractivity contribution >= 4 is 124 Å². The van der Waals surface area contributed by atoms with Crippen molar-refractivity contribution in [3.63, 3.8) is 0 Å². The van der Waals surface area contributed by atoms with Gasteiger partial charge in [0, 0.05) is 87.0 Å². The van der Waals surface area contributed by atoms with Crippen LogP contribution in [-0.4, -0.2) is 107 Å². The molecule has 12 rings (SSSR count). The summed E-state index contributed by atoms with van der Waals surface area (Å²) in [7, 11) is -0.451. The molecular weight excluding hydrogens is 1250 g/mol. The Kier molecular flexibility index (Phi) is 18.6. The zero-order valence-corrected chi connectivity index (χ0v) is 54.6. The summed E-state index contributed by atoms with van der Waals surface area (Å²) in [5.41, 5.74) is 12.1. The van der Waals surface area contributed by atoms with E-state index in [1.165, 1.54) is 3.93 Å². The van der Waals surface area contributed by atoms with Gasteiger partial charge in [0.1, 0.15) is 22.7 Å². The molecule has 2 aromatic carbocycles. The fourth-order valence-electron chi connectivity index (χ4n) is 9.95. The minimum atomic E-state index is -0.805. The molecule has 5 aromatic heterocycles. The van der Waals surface area contributed by atoms with Gasteiger partial charge < -0.3 is 34.9 Å². The number of carbonyl (C=O) groups excluding carboxylic acids is 5. The number of fused-ring (bicyclic) bond motifs is 5. The van der Waals surface area contributed by atoms with Gasteiger partial charge in [0.25, 0.3) is 5.91 Å². The number of halogens is 3. The number of benzene rings is 2. The highest BCUT2D eigenvalue weighted by Gasteiger charge is 2.52. The van der Waals surface area contributed by atoms with E-state index in [0.29, 0.717) is 18.6 Å². The van der Waals surface area contributed by atoms with Gasteiger partial charge in [-0.15, -0.1) is 0 Å². The summed E-state index contributed by atoms with van der Waals surface area (Å²) in [5, 5.41) is 6.87. The summed E-state index contributed by atoms with van der Waals surface area (Å²) in [6.45, 7) is 28.1. The number of nitrogens with zero attached hydrogens (tertiary/aromatic N) is 6. The Morgan fingerprint density at radius 1 is 0.590 bits per heavy atom. The SMILES string of the molecule is CC1(C)C(=O)N(Br)C(=O)N1Br.Cc1nc2cccc(-c3cc4c([nH]3)CCCC4=O)c2nc1NC(C)(C)C.Cc1nc2cccc(B3OC(C)(C)C(C)(C)O3)c2nc1NC(C)(C)C.O=C1CCCc2[nH]c(Br)cc21.O=C1CCCc2[nH]ccc21. The van der Waals surface area contributed by atoms with E-state index in [2.05, 4.69) is 143 Å². The Hall–Kier alpha value is -6.07. The fraction of sp³-hybridized carbons (Fsp3) is 0.459. The van der Waals surface area contributed by atoms with Gasteiger partial charge in [-0.3, -0.25) is 19.2 Å². The van der Waals surface area contributed by atoms with Crippen LogP contribution in [0.1, 0.15) is 181 Å². The Labute approximate surface area is 511 Å². The van der Waals surface area contributed by atoms with Crippen LogP contribution in [0.5, 0.6) is 0 Å². The number of Topliss-reactive ketones (excluding diaryl/α,β-unsaturated/α-hetero) is 3. The number of amides is 3. The van der Waals surface area contributed by atoms with E-state index in [1.807, 2.05) is 74.6 Å². The molecule has 2 aliphatic heterocycles. The third kappa shape index (κ3) is 14.2. The lowest BCUT2D eigenvalue weighted by molar-refractivity contribution is -0.127. The van der Waals surface area contributed by atoms with Crippen LogP contribution in [0.15, 0.2) is 65.4 Å². The molecule has 0 atom stereocenters. The van der Waals surface area contributed by atoms with Crippen LogP contribution in [0.25, 0.3) is 33.3 Å². The molecule has 0 radical (unpaired) electrons. The Balaban J connectivity index is 0.000000144. The Morgan fingerprint density at radius 2 is 1.07 bits per heavy atom. The molecule has 2 fully saturated rings. The second kappa shape index (κ2) is 24.5. The zero-order chi connectivity index (χ0) is 60.7. The summed E-state index contributed by atoms with van der Waals surface area (Å²) >= 11 is 9.16. The minimum absolute atomic E-state index is 0.0909. The largest absolute Gasteiger partial charge is 0.497 e. The van der Waals surface area contributed by atoms with Gasteiger partial charge in [-0.05, 0) is 182 Å². The molecule has 22 heteroatoms. The first-order valence-corrected chi connectivity index (χ1v) is 30.3. The lowest BCUT2D eigenvalue weighted by atomic mass is 9.78. The first-order chi connectivity index (χ1) is 38.7. The molecule has 18 nitrogen and oxygen atoms in total. The number of hydrogen-bond acceptors (Lipinski definition) is 13. The molecule has 5 aliphatic rings. The van der Waals surface area contributed by atoms with Gasteiger partial charge in [0.2, 0.25) is 0 Å².